The summed E-state index contributed by atoms with van der Waals surface area (Å²) in [6.45, 7) is 0. The number of nitrogens with zero attached hydrogens (tertiary/aromatic N) is 1. The van der Waals surface area contributed by atoms with E-state index in [4.69, 9.17) is 22.0 Å². The highest BCUT2D eigenvalue weighted by Gasteiger charge is 2.06. The molecule has 0 saturated carbocycles. The minimum absolute atomic E-state index is 0.147. The fourth-order valence-corrected chi connectivity index (χ4v) is 1.23. The van der Waals surface area contributed by atoms with Crippen molar-refractivity contribution in [3.8, 4) is 11.8 Å². The number of rotatable bonds is 3. The van der Waals surface area contributed by atoms with Gasteiger partial charge in [0.25, 0.3) is 0 Å². The van der Waals surface area contributed by atoms with Crippen LogP contribution in [0.25, 0.3) is 0 Å². The molecule has 0 aliphatic rings. The lowest BCUT2D eigenvalue weighted by molar-refractivity contribution is 0.475. The van der Waals surface area contributed by atoms with Crippen LogP contribution in [-0.4, -0.2) is 11.0 Å². The molecule has 3 heteroatoms. The number of alkyl halides is 1. The zero-order valence-electron chi connectivity index (χ0n) is 7.07. The van der Waals surface area contributed by atoms with Crippen LogP contribution in [0, 0.1) is 17.2 Å². The molecule has 0 aliphatic carbocycles. The van der Waals surface area contributed by atoms with Crippen molar-refractivity contribution in [3.63, 3.8) is 0 Å². The minimum atomic E-state index is -0.147. The van der Waals surface area contributed by atoms with Gasteiger partial charge in [-0.3, -0.25) is 0 Å². The first-order chi connectivity index (χ1) is 6.26. The van der Waals surface area contributed by atoms with E-state index >= 15 is 0 Å². The lowest BCUT2D eigenvalue weighted by Gasteiger charge is -2.04. The summed E-state index contributed by atoms with van der Waals surface area (Å²) >= 11 is 5.58. The third-order valence-electron chi connectivity index (χ3n) is 1.79. The van der Waals surface area contributed by atoms with Crippen molar-refractivity contribution in [2.24, 2.45) is 5.92 Å². The van der Waals surface area contributed by atoms with Gasteiger partial charge in [-0.15, -0.1) is 11.6 Å². The number of phenols is 1. The summed E-state index contributed by atoms with van der Waals surface area (Å²) in [6, 6.07) is 8.93. The Hall–Kier alpha value is -1.20. The summed E-state index contributed by atoms with van der Waals surface area (Å²) < 4.78 is 0. The first-order valence-electron chi connectivity index (χ1n) is 3.99. The zero-order chi connectivity index (χ0) is 9.68. The van der Waals surface area contributed by atoms with E-state index < -0.39 is 0 Å². The highest BCUT2D eigenvalue weighted by molar-refractivity contribution is 6.18. The Morgan fingerprint density at radius 1 is 1.38 bits per heavy atom. The average molecular weight is 196 g/mol. The summed E-state index contributed by atoms with van der Waals surface area (Å²) in [7, 11) is 0. The Labute approximate surface area is 82.4 Å². The second-order valence-electron chi connectivity index (χ2n) is 2.85. The lowest BCUT2D eigenvalue weighted by atomic mass is 10.0. The molecule has 13 heavy (non-hydrogen) atoms. The molecule has 1 atom stereocenters. The predicted molar refractivity (Wildman–Crippen MR) is 51.6 cm³/mol. The summed E-state index contributed by atoms with van der Waals surface area (Å²) in [5.74, 6) is 0.437. The predicted octanol–water partition coefficient (Wildman–Crippen LogP) is 2.31. The molecule has 0 bridgehead atoms. The van der Waals surface area contributed by atoms with Crippen molar-refractivity contribution in [2.75, 3.05) is 5.88 Å². The highest BCUT2D eigenvalue weighted by atomic mass is 35.5. The smallest absolute Gasteiger partial charge is 0.115 e. The number of phenolic OH excluding ortho intramolecular Hbond substituents is 1. The third kappa shape index (κ3) is 2.96. The summed E-state index contributed by atoms with van der Waals surface area (Å²) in [5, 5.41) is 17.7. The van der Waals surface area contributed by atoms with E-state index in [1.54, 1.807) is 24.3 Å². The topological polar surface area (TPSA) is 44.0 Å². The standard InChI is InChI=1S/C10H10ClNO/c11-6-9(7-12)5-8-1-3-10(13)4-2-8/h1-4,9,13H,5-6H2. The summed E-state index contributed by atoms with van der Waals surface area (Å²) in [4.78, 5) is 0. The van der Waals surface area contributed by atoms with Gasteiger partial charge in [-0.25, -0.2) is 0 Å². The second-order valence-corrected chi connectivity index (χ2v) is 3.16. The van der Waals surface area contributed by atoms with Crippen molar-refractivity contribution in [1.82, 2.24) is 0 Å². The molecule has 2 nitrogen and oxygen atoms in total. The zero-order valence-corrected chi connectivity index (χ0v) is 7.83. The van der Waals surface area contributed by atoms with Crippen LogP contribution in [-0.2, 0) is 6.42 Å². The van der Waals surface area contributed by atoms with Gasteiger partial charge < -0.3 is 5.11 Å². The number of benzene rings is 1. The monoisotopic (exact) mass is 195 g/mol. The normalized spacial score (nSPS) is 12.0. The molecule has 0 amide bonds. The molecule has 68 valence electrons. The van der Waals surface area contributed by atoms with Gasteiger partial charge in [0.2, 0.25) is 0 Å². The van der Waals surface area contributed by atoms with Gasteiger partial charge in [0.15, 0.2) is 0 Å². The van der Waals surface area contributed by atoms with Crippen LogP contribution < -0.4 is 0 Å². The van der Waals surface area contributed by atoms with E-state index in [9.17, 15) is 0 Å². The number of nitriles is 1. The van der Waals surface area contributed by atoms with E-state index in [0.29, 0.717) is 12.3 Å². The van der Waals surface area contributed by atoms with Crippen LogP contribution >= 0.6 is 11.6 Å². The lowest BCUT2D eigenvalue weighted by Crippen LogP contribution is -2.02. The molecule has 1 N–H and O–H groups in total. The van der Waals surface area contributed by atoms with Crippen molar-refractivity contribution in [1.29, 1.82) is 5.26 Å². The molecule has 0 saturated heterocycles. The van der Waals surface area contributed by atoms with E-state index in [2.05, 4.69) is 6.07 Å². The highest BCUT2D eigenvalue weighted by Crippen LogP contribution is 2.13. The molecule has 0 spiro atoms. The van der Waals surface area contributed by atoms with Crippen LogP contribution in [0.5, 0.6) is 5.75 Å². The molecule has 1 aromatic carbocycles. The van der Waals surface area contributed by atoms with Crippen LogP contribution in [0.1, 0.15) is 5.56 Å². The van der Waals surface area contributed by atoms with Crippen LogP contribution in [0.4, 0.5) is 0 Å². The van der Waals surface area contributed by atoms with Crippen molar-refractivity contribution >= 4 is 11.6 Å². The van der Waals surface area contributed by atoms with Crippen LogP contribution in [0.3, 0.4) is 0 Å². The maximum absolute atomic E-state index is 9.01. The molecule has 1 unspecified atom stereocenters. The molecule has 0 aliphatic heterocycles. The Morgan fingerprint density at radius 2 is 2.00 bits per heavy atom. The molecule has 1 rings (SSSR count). The maximum Gasteiger partial charge on any atom is 0.115 e. The Morgan fingerprint density at radius 3 is 2.46 bits per heavy atom. The van der Waals surface area contributed by atoms with Gasteiger partial charge in [0.05, 0.1) is 12.0 Å². The maximum atomic E-state index is 9.01. The van der Waals surface area contributed by atoms with Gasteiger partial charge >= 0.3 is 0 Å². The number of halogens is 1. The quantitative estimate of drug-likeness (QED) is 0.753. The molecule has 0 radical (unpaired) electrons. The van der Waals surface area contributed by atoms with Gasteiger partial charge in [0.1, 0.15) is 5.75 Å². The largest absolute Gasteiger partial charge is 0.508 e. The van der Waals surface area contributed by atoms with E-state index in [-0.39, 0.29) is 11.7 Å². The first-order valence-corrected chi connectivity index (χ1v) is 4.53. The van der Waals surface area contributed by atoms with E-state index in [1.807, 2.05) is 0 Å². The molecule has 1 aromatic rings. The van der Waals surface area contributed by atoms with Gasteiger partial charge in [-0.2, -0.15) is 5.26 Å². The minimum Gasteiger partial charge on any atom is -0.508 e. The summed E-state index contributed by atoms with van der Waals surface area (Å²) in [6.07, 6.45) is 0.639. The average Bonchev–Trinajstić information content (AvgIpc) is 2.17. The van der Waals surface area contributed by atoms with Crippen LogP contribution in [0.15, 0.2) is 24.3 Å². The molecule has 0 fully saturated rings. The second kappa shape index (κ2) is 4.74. The van der Waals surface area contributed by atoms with E-state index in [0.717, 1.165) is 5.56 Å². The first kappa shape index (κ1) is 9.88. The third-order valence-corrected chi connectivity index (χ3v) is 2.16. The van der Waals surface area contributed by atoms with Crippen molar-refractivity contribution < 1.29 is 5.11 Å². The Bertz CT molecular complexity index is 302. The van der Waals surface area contributed by atoms with Crippen LogP contribution in [0.2, 0.25) is 0 Å². The fourth-order valence-electron chi connectivity index (χ4n) is 1.05. The SMILES string of the molecule is N#CC(CCl)Cc1ccc(O)cc1. The number of hydrogen-bond donors (Lipinski definition) is 1. The summed E-state index contributed by atoms with van der Waals surface area (Å²) in [5.41, 5.74) is 1.02. The molecule has 0 aromatic heterocycles. The Kier molecular flexibility index (Phi) is 3.60. The van der Waals surface area contributed by atoms with Crippen molar-refractivity contribution in [2.45, 2.75) is 6.42 Å². The fraction of sp³-hybridized carbons (Fsp3) is 0.300. The van der Waals surface area contributed by atoms with Crippen molar-refractivity contribution in [3.05, 3.63) is 29.8 Å². The molecule has 0 heterocycles. The van der Waals surface area contributed by atoms with E-state index in [1.165, 1.54) is 0 Å². The molecular formula is C10H10ClNO. The number of aromatic hydroxyl groups is 1. The van der Waals surface area contributed by atoms with Gasteiger partial charge in [-0.1, -0.05) is 12.1 Å². The molecular weight excluding hydrogens is 186 g/mol. The number of hydrogen-bond acceptors (Lipinski definition) is 2. The van der Waals surface area contributed by atoms with Gasteiger partial charge in [-0.05, 0) is 24.1 Å². The van der Waals surface area contributed by atoms with Gasteiger partial charge in [0, 0.05) is 5.88 Å². The Balaban J connectivity index is 2.64.